The van der Waals surface area contributed by atoms with Crippen LogP contribution in [0, 0.1) is 11.3 Å². The van der Waals surface area contributed by atoms with Crippen molar-refractivity contribution in [2.75, 3.05) is 39.5 Å². The molecule has 0 aromatic carbocycles. The first-order valence-electron chi connectivity index (χ1n) is 8.29. The molecule has 3 fully saturated rings. The average molecular weight is 283 g/mol. The maximum absolute atomic E-state index is 10.7. The van der Waals surface area contributed by atoms with Crippen molar-refractivity contribution in [2.24, 2.45) is 11.3 Å². The minimum absolute atomic E-state index is 0.0671. The number of hydrogen-bond donors (Lipinski definition) is 2. The van der Waals surface area contributed by atoms with Crippen molar-refractivity contribution in [1.82, 2.24) is 4.90 Å². The lowest BCUT2D eigenvalue weighted by atomic mass is 9.70. The molecule has 2 heterocycles. The van der Waals surface area contributed by atoms with Crippen molar-refractivity contribution in [3.8, 4) is 0 Å². The van der Waals surface area contributed by atoms with Gasteiger partial charge in [0, 0.05) is 37.6 Å². The van der Waals surface area contributed by atoms with Crippen LogP contribution >= 0.6 is 0 Å². The third-order valence-electron chi connectivity index (χ3n) is 5.81. The van der Waals surface area contributed by atoms with Crippen LogP contribution in [0.4, 0.5) is 0 Å². The molecule has 1 aliphatic carbocycles. The highest BCUT2D eigenvalue weighted by Gasteiger charge is 2.44. The Hall–Kier alpha value is -0.160. The normalized spacial score (nSPS) is 43.2. The second kappa shape index (κ2) is 5.91. The van der Waals surface area contributed by atoms with Gasteiger partial charge in [-0.25, -0.2) is 0 Å². The number of hydrogen-bond acceptors (Lipinski definition) is 4. The van der Waals surface area contributed by atoms with Gasteiger partial charge < -0.3 is 19.8 Å². The Bertz CT molecular complexity index is 330. The summed E-state index contributed by atoms with van der Waals surface area (Å²) in [4.78, 5) is 2.47. The SMILES string of the molecule is OCC1(CN2CCC3(O)CCCCC3C2)CCCOC1. The molecule has 2 N–H and O–H groups in total. The number of fused-ring (bicyclic) bond motifs is 1. The summed E-state index contributed by atoms with van der Waals surface area (Å²) in [5.74, 6) is 0.435. The van der Waals surface area contributed by atoms with Gasteiger partial charge in [0.05, 0.1) is 18.8 Å². The summed E-state index contributed by atoms with van der Waals surface area (Å²) in [7, 11) is 0. The third-order valence-corrected chi connectivity index (χ3v) is 5.81. The zero-order chi connectivity index (χ0) is 14.1. The molecule has 4 heteroatoms. The molecule has 1 saturated carbocycles. The predicted octanol–water partition coefficient (Wildman–Crippen LogP) is 1.40. The summed E-state index contributed by atoms with van der Waals surface area (Å²) in [5, 5.41) is 20.5. The van der Waals surface area contributed by atoms with E-state index in [1.165, 1.54) is 12.8 Å². The fraction of sp³-hybridized carbons (Fsp3) is 1.00. The fourth-order valence-corrected chi connectivity index (χ4v) is 4.47. The number of aliphatic hydroxyl groups excluding tert-OH is 1. The van der Waals surface area contributed by atoms with Crippen LogP contribution in [0.15, 0.2) is 0 Å². The van der Waals surface area contributed by atoms with Gasteiger partial charge in [0.25, 0.3) is 0 Å². The molecule has 116 valence electrons. The maximum Gasteiger partial charge on any atom is 0.0700 e. The van der Waals surface area contributed by atoms with Gasteiger partial charge in [-0.05, 0) is 32.1 Å². The van der Waals surface area contributed by atoms with Gasteiger partial charge in [-0.3, -0.25) is 0 Å². The first-order chi connectivity index (χ1) is 9.66. The molecule has 3 unspecified atom stereocenters. The molecule has 2 saturated heterocycles. The quantitative estimate of drug-likeness (QED) is 0.822. The largest absolute Gasteiger partial charge is 0.396 e. The lowest BCUT2D eigenvalue weighted by molar-refractivity contribution is -0.114. The van der Waals surface area contributed by atoms with Gasteiger partial charge in [0.1, 0.15) is 0 Å². The van der Waals surface area contributed by atoms with E-state index in [9.17, 15) is 10.2 Å². The number of piperidine rings is 1. The van der Waals surface area contributed by atoms with Crippen LogP contribution < -0.4 is 0 Å². The standard InChI is InChI=1S/C16H29NO3/c18-12-15(5-3-9-20-13-15)11-17-8-7-16(19)6-2-1-4-14(16)10-17/h14,18-19H,1-13H2. The van der Waals surface area contributed by atoms with Crippen LogP contribution in [-0.4, -0.2) is 60.2 Å². The molecule has 3 aliphatic rings. The van der Waals surface area contributed by atoms with E-state index in [0.717, 1.165) is 58.3 Å². The highest BCUT2D eigenvalue weighted by atomic mass is 16.5. The number of ether oxygens (including phenoxy) is 1. The van der Waals surface area contributed by atoms with Crippen molar-refractivity contribution < 1.29 is 14.9 Å². The maximum atomic E-state index is 10.7. The molecule has 4 nitrogen and oxygen atoms in total. The van der Waals surface area contributed by atoms with Crippen molar-refractivity contribution in [3.63, 3.8) is 0 Å². The number of likely N-dealkylation sites (tertiary alicyclic amines) is 1. The molecule has 2 aliphatic heterocycles. The Morgan fingerprint density at radius 2 is 2.05 bits per heavy atom. The Labute approximate surface area is 122 Å². The van der Waals surface area contributed by atoms with Crippen LogP contribution in [-0.2, 0) is 4.74 Å². The fourth-order valence-electron chi connectivity index (χ4n) is 4.47. The zero-order valence-corrected chi connectivity index (χ0v) is 12.5. The molecule has 0 aromatic heterocycles. The molecular weight excluding hydrogens is 254 g/mol. The highest BCUT2D eigenvalue weighted by Crippen LogP contribution is 2.41. The second-order valence-electron chi connectivity index (χ2n) is 7.35. The minimum atomic E-state index is -0.399. The van der Waals surface area contributed by atoms with Crippen molar-refractivity contribution in [3.05, 3.63) is 0 Å². The van der Waals surface area contributed by atoms with Crippen LogP contribution in [0.25, 0.3) is 0 Å². The number of nitrogens with zero attached hydrogens (tertiary/aromatic N) is 1. The van der Waals surface area contributed by atoms with Crippen LogP contribution in [0.5, 0.6) is 0 Å². The lowest BCUT2D eigenvalue weighted by Crippen LogP contribution is -2.56. The average Bonchev–Trinajstić information content (AvgIpc) is 2.48. The van der Waals surface area contributed by atoms with Gasteiger partial charge >= 0.3 is 0 Å². The van der Waals surface area contributed by atoms with E-state index in [2.05, 4.69) is 4.90 Å². The first-order valence-corrected chi connectivity index (χ1v) is 8.29. The van der Waals surface area contributed by atoms with Crippen molar-refractivity contribution >= 4 is 0 Å². The molecule has 0 amide bonds. The highest BCUT2D eigenvalue weighted by molar-refractivity contribution is 4.97. The lowest BCUT2D eigenvalue weighted by Gasteiger charge is -2.49. The van der Waals surface area contributed by atoms with E-state index >= 15 is 0 Å². The smallest absolute Gasteiger partial charge is 0.0700 e. The minimum Gasteiger partial charge on any atom is -0.396 e. The summed E-state index contributed by atoms with van der Waals surface area (Å²) >= 11 is 0. The molecule has 0 aromatic rings. The predicted molar refractivity (Wildman–Crippen MR) is 77.5 cm³/mol. The second-order valence-corrected chi connectivity index (χ2v) is 7.35. The molecule has 0 radical (unpaired) electrons. The van der Waals surface area contributed by atoms with E-state index < -0.39 is 5.60 Å². The Morgan fingerprint density at radius 1 is 1.15 bits per heavy atom. The van der Waals surface area contributed by atoms with E-state index in [1.54, 1.807) is 0 Å². The van der Waals surface area contributed by atoms with Crippen molar-refractivity contribution in [2.45, 2.75) is 50.5 Å². The Kier molecular flexibility index (Phi) is 4.37. The monoisotopic (exact) mass is 283 g/mol. The third kappa shape index (κ3) is 2.89. The van der Waals surface area contributed by atoms with Gasteiger partial charge in [0.15, 0.2) is 0 Å². The molecular formula is C16H29NO3. The number of rotatable bonds is 3. The van der Waals surface area contributed by atoms with Crippen LogP contribution in [0.3, 0.4) is 0 Å². The van der Waals surface area contributed by atoms with Crippen LogP contribution in [0.1, 0.15) is 44.9 Å². The van der Waals surface area contributed by atoms with E-state index in [-0.39, 0.29) is 12.0 Å². The molecule has 0 bridgehead atoms. The summed E-state index contributed by atoms with van der Waals surface area (Å²) in [6, 6.07) is 0. The molecule has 3 rings (SSSR count). The summed E-state index contributed by atoms with van der Waals surface area (Å²) < 4.78 is 5.61. The summed E-state index contributed by atoms with van der Waals surface area (Å²) in [6.07, 6.45) is 7.61. The Morgan fingerprint density at radius 3 is 2.80 bits per heavy atom. The van der Waals surface area contributed by atoms with Gasteiger partial charge in [-0.1, -0.05) is 12.8 Å². The zero-order valence-electron chi connectivity index (χ0n) is 12.5. The van der Waals surface area contributed by atoms with Gasteiger partial charge in [-0.15, -0.1) is 0 Å². The summed E-state index contributed by atoms with van der Waals surface area (Å²) in [6.45, 7) is 4.64. The van der Waals surface area contributed by atoms with Gasteiger partial charge in [0.2, 0.25) is 0 Å². The van der Waals surface area contributed by atoms with E-state index in [0.29, 0.717) is 12.5 Å². The molecule has 3 atom stereocenters. The van der Waals surface area contributed by atoms with Crippen LogP contribution in [0.2, 0.25) is 0 Å². The Balaban J connectivity index is 1.61. The van der Waals surface area contributed by atoms with Gasteiger partial charge in [-0.2, -0.15) is 0 Å². The topological polar surface area (TPSA) is 52.9 Å². The molecule has 20 heavy (non-hydrogen) atoms. The van der Waals surface area contributed by atoms with E-state index in [1.807, 2.05) is 0 Å². The number of aliphatic hydroxyl groups is 2. The van der Waals surface area contributed by atoms with E-state index in [4.69, 9.17) is 4.74 Å². The summed E-state index contributed by atoms with van der Waals surface area (Å²) in [5.41, 5.74) is -0.466. The first kappa shape index (κ1) is 14.8. The van der Waals surface area contributed by atoms with Crippen molar-refractivity contribution in [1.29, 1.82) is 0 Å². The molecule has 0 spiro atoms.